The van der Waals surface area contributed by atoms with Crippen LogP contribution in [0.1, 0.15) is 10.4 Å². The molecule has 0 atom stereocenters. The summed E-state index contributed by atoms with van der Waals surface area (Å²) in [6, 6.07) is 5.15. The minimum atomic E-state index is -0.182. The van der Waals surface area contributed by atoms with E-state index in [-0.39, 0.29) is 5.82 Å². The maximum atomic E-state index is 14.0. The topological polar surface area (TPSA) is 43.8 Å². The van der Waals surface area contributed by atoms with Gasteiger partial charge in [0, 0.05) is 33.9 Å². The number of imidazole rings is 1. The van der Waals surface area contributed by atoms with Gasteiger partial charge in [-0.2, -0.15) is 0 Å². The van der Waals surface area contributed by atoms with Crippen LogP contribution in [0.25, 0.3) is 10.1 Å². The summed E-state index contributed by atoms with van der Waals surface area (Å²) in [5.74, 6) is -0.182. The lowest BCUT2D eigenvalue weighted by molar-refractivity contribution is 0.638. The Morgan fingerprint density at radius 3 is 3.00 bits per heavy atom. The third-order valence-electron chi connectivity index (χ3n) is 2.93. The Morgan fingerprint density at radius 2 is 2.28 bits per heavy atom. The molecule has 18 heavy (non-hydrogen) atoms. The lowest BCUT2D eigenvalue weighted by Gasteiger charge is -2.04. The first-order chi connectivity index (χ1) is 8.79. The molecule has 2 aromatic heterocycles. The van der Waals surface area contributed by atoms with E-state index < -0.39 is 0 Å². The molecule has 0 unspecified atom stereocenters. The lowest BCUT2D eigenvalue weighted by Crippen LogP contribution is -2.02. The normalized spacial score (nSPS) is 11.2. The lowest BCUT2D eigenvalue weighted by atomic mass is 10.1. The summed E-state index contributed by atoms with van der Waals surface area (Å²) < 4.78 is 16.8. The molecule has 0 radical (unpaired) electrons. The van der Waals surface area contributed by atoms with Gasteiger partial charge in [-0.1, -0.05) is 6.07 Å². The van der Waals surface area contributed by atoms with Crippen molar-refractivity contribution in [2.24, 2.45) is 5.73 Å². The Hall–Kier alpha value is -1.72. The van der Waals surface area contributed by atoms with Crippen LogP contribution in [0.4, 0.5) is 4.39 Å². The molecule has 0 saturated heterocycles. The molecule has 3 rings (SSSR count). The van der Waals surface area contributed by atoms with Crippen molar-refractivity contribution in [1.82, 2.24) is 9.55 Å². The van der Waals surface area contributed by atoms with Gasteiger partial charge in [0.05, 0.1) is 12.9 Å². The molecule has 0 amide bonds. The predicted octanol–water partition coefficient (Wildman–Crippen LogP) is 2.74. The zero-order chi connectivity index (χ0) is 12.5. The summed E-state index contributed by atoms with van der Waals surface area (Å²) >= 11 is 1.56. The zero-order valence-corrected chi connectivity index (χ0v) is 10.5. The van der Waals surface area contributed by atoms with Crippen LogP contribution in [0.3, 0.4) is 0 Å². The average Bonchev–Trinajstić information content (AvgIpc) is 2.98. The van der Waals surface area contributed by atoms with Gasteiger partial charge in [-0.25, -0.2) is 9.37 Å². The molecule has 0 saturated carbocycles. The van der Waals surface area contributed by atoms with E-state index in [0.717, 1.165) is 15.1 Å². The number of fused-ring (bicyclic) bond motifs is 1. The van der Waals surface area contributed by atoms with Crippen molar-refractivity contribution in [3.8, 4) is 0 Å². The summed E-state index contributed by atoms with van der Waals surface area (Å²) in [4.78, 5) is 5.03. The minimum Gasteiger partial charge on any atom is -0.333 e. The van der Waals surface area contributed by atoms with Crippen molar-refractivity contribution in [3.63, 3.8) is 0 Å². The smallest absolute Gasteiger partial charge is 0.132 e. The van der Waals surface area contributed by atoms with Crippen LogP contribution in [-0.4, -0.2) is 9.55 Å². The number of hydrogen-bond donors (Lipinski definition) is 1. The summed E-state index contributed by atoms with van der Waals surface area (Å²) in [5.41, 5.74) is 6.72. The van der Waals surface area contributed by atoms with Gasteiger partial charge < -0.3 is 10.3 Å². The Bertz CT molecular complexity index is 673. The number of nitrogens with zero attached hydrogens (tertiary/aromatic N) is 2. The highest BCUT2D eigenvalue weighted by Crippen LogP contribution is 2.33. The Morgan fingerprint density at radius 1 is 1.39 bits per heavy atom. The van der Waals surface area contributed by atoms with E-state index in [1.54, 1.807) is 29.9 Å². The van der Waals surface area contributed by atoms with Gasteiger partial charge in [-0.3, -0.25) is 0 Å². The maximum absolute atomic E-state index is 14.0. The van der Waals surface area contributed by atoms with E-state index in [4.69, 9.17) is 5.73 Å². The van der Waals surface area contributed by atoms with Gasteiger partial charge in [0.15, 0.2) is 0 Å². The molecule has 0 fully saturated rings. The molecule has 0 aliphatic carbocycles. The average molecular weight is 261 g/mol. The number of thiophene rings is 1. The fourth-order valence-electron chi connectivity index (χ4n) is 2.11. The molecule has 0 spiro atoms. The molecule has 2 N–H and O–H groups in total. The Labute approximate surface area is 108 Å². The van der Waals surface area contributed by atoms with E-state index in [2.05, 4.69) is 4.98 Å². The third kappa shape index (κ3) is 1.81. The van der Waals surface area contributed by atoms with E-state index >= 15 is 0 Å². The second-order valence-corrected chi connectivity index (χ2v) is 5.19. The van der Waals surface area contributed by atoms with E-state index in [1.165, 1.54) is 6.07 Å². The summed E-state index contributed by atoms with van der Waals surface area (Å²) in [7, 11) is 0. The SMILES string of the molecule is NCc1sc2cccc(F)c2c1Cn1ccnc1. The molecule has 3 nitrogen and oxygen atoms in total. The van der Waals surface area contributed by atoms with Gasteiger partial charge in [0.2, 0.25) is 0 Å². The predicted molar refractivity (Wildman–Crippen MR) is 71.0 cm³/mol. The summed E-state index contributed by atoms with van der Waals surface area (Å²) in [6.45, 7) is 1.04. The van der Waals surface area contributed by atoms with Crippen molar-refractivity contribution in [2.75, 3.05) is 0 Å². The summed E-state index contributed by atoms with van der Waals surface area (Å²) in [5, 5.41) is 0.691. The summed E-state index contributed by atoms with van der Waals surface area (Å²) in [6.07, 6.45) is 5.31. The molecule has 0 bridgehead atoms. The monoisotopic (exact) mass is 261 g/mol. The van der Waals surface area contributed by atoms with Crippen LogP contribution in [0.15, 0.2) is 36.9 Å². The zero-order valence-electron chi connectivity index (χ0n) is 9.64. The first kappa shape index (κ1) is 11.4. The molecule has 3 aromatic rings. The largest absolute Gasteiger partial charge is 0.333 e. The maximum Gasteiger partial charge on any atom is 0.132 e. The van der Waals surface area contributed by atoms with Gasteiger partial charge in [-0.05, 0) is 17.7 Å². The van der Waals surface area contributed by atoms with Crippen molar-refractivity contribution in [3.05, 3.63) is 53.2 Å². The van der Waals surface area contributed by atoms with E-state index in [0.29, 0.717) is 18.5 Å². The van der Waals surface area contributed by atoms with Crippen molar-refractivity contribution in [1.29, 1.82) is 0 Å². The third-order valence-corrected chi connectivity index (χ3v) is 4.15. The first-order valence-corrected chi connectivity index (χ1v) is 6.46. The number of aromatic nitrogens is 2. The standard InChI is InChI=1S/C13H12FN3S/c14-10-2-1-3-11-13(10)9(12(6-15)18-11)7-17-5-4-16-8-17/h1-5,8H,6-7,15H2. The van der Waals surface area contributed by atoms with E-state index in [9.17, 15) is 4.39 Å². The Kier molecular flexibility index (Phi) is 2.85. The fourth-order valence-corrected chi connectivity index (χ4v) is 3.22. The second kappa shape index (κ2) is 4.51. The quantitative estimate of drug-likeness (QED) is 0.788. The van der Waals surface area contributed by atoms with Crippen LogP contribution >= 0.6 is 11.3 Å². The van der Waals surface area contributed by atoms with Crippen LogP contribution in [0.5, 0.6) is 0 Å². The van der Waals surface area contributed by atoms with Gasteiger partial charge in [0.25, 0.3) is 0 Å². The second-order valence-electron chi connectivity index (χ2n) is 4.06. The van der Waals surface area contributed by atoms with Crippen molar-refractivity contribution >= 4 is 21.4 Å². The number of hydrogen-bond acceptors (Lipinski definition) is 3. The molecule has 1 aromatic carbocycles. The van der Waals surface area contributed by atoms with Crippen LogP contribution in [-0.2, 0) is 13.1 Å². The van der Waals surface area contributed by atoms with Crippen molar-refractivity contribution < 1.29 is 4.39 Å². The van der Waals surface area contributed by atoms with Gasteiger partial charge >= 0.3 is 0 Å². The molecule has 92 valence electrons. The molecule has 0 aliphatic rings. The number of halogens is 1. The van der Waals surface area contributed by atoms with E-state index in [1.807, 2.05) is 16.8 Å². The number of nitrogens with two attached hydrogens (primary N) is 1. The van der Waals surface area contributed by atoms with Gasteiger partial charge in [0.1, 0.15) is 5.82 Å². The van der Waals surface area contributed by atoms with Crippen LogP contribution < -0.4 is 5.73 Å². The van der Waals surface area contributed by atoms with Gasteiger partial charge in [-0.15, -0.1) is 11.3 Å². The van der Waals surface area contributed by atoms with Crippen molar-refractivity contribution in [2.45, 2.75) is 13.1 Å². The minimum absolute atomic E-state index is 0.182. The highest BCUT2D eigenvalue weighted by molar-refractivity contribution is 7.19. The van der Waals surface area contributed by atoms with Crippen LogP contribution in [0, 0.1) is 5.82 Å². The fraction of sp³-hybridized carbons (Fsp3) is 0.154. The van der Waals surface area contributed by atoms with Crippen LogP contribution in [0.2, 0.25) is 0 Å². The first-order valence-electron chi connectivity index (χ1n) is 5.64. The molecule has 2 heterocycles. The highest BCUT2D eigenvalue weighted by Gasteiger charge is 2.14. The molecule has 0 aliphatic heterocycles. The number of rotatable bonds is 3. The number of benzene rings is 1. The highest BCUT2D eigenvalue weighted by atomic mass is 32.1. The molecule has 5 heteroatoms. The molecular formula is C13H12FN3S. The molecular weight excluding hydrogens is 249 g/mol. The Balaban J connectivity index is 2.19.